The van der Waals surface area contributed by atoms with Crippen molar-refractivity contribution in [1.82, 2.24) is 24.8 Å². The van der Waals surface area contributed by atoms with Crippen molar-refractivity contribution in [3.8, 4) is 0 Å². The molecule has 8 nitrogen and oxygen atoms in total. The number of imidazole rings is 1. The van der Waals surface area contributed by atoms with Gasteiger partial charge in [-0.15, -0.1) is 0 Å². The molecule has 1 fully saturated rings. The summed E-state index contributed by atoms with van der Waals surface area (Å²) in [6.07, 6.45) is 6.31. The van der Waals surface area contributed by atoms with Gasteiger partial charge in [-0.25, -0.2) is 9.78 Å². The van der Waals surface area contributed by atoms with E-state index in [1.807, 2.05) is 12.1 Å². The second-order valence-electron chi connectivity index (χ2n) is 6.25. The largest absolute Gasteiger partial charge is 0.477 e. The molecule has 1 aliphatic heterocycles. The second kappa shape index (κ2) is 7.43. The molecule has 2 N–H and O–H groups in total. The number of nitrogens with one attached hydrogen (secondary N) is 1. The van der Waals surface area contributed by atoms with Crippen LogP contribution in [0, 0.1) is 0 Å². The average Bonchev–Trinajstić information content (AvgIpc) is 3.11. The minimum atomic E-state index is -1.19. The molecule has 2 aromatic heterocycles. The van der Waals surface area contributed by atoms with Gasteiger partial charge in [-0.2, -0.15) is 0 Å². The first-order valence-corrected chi connectivity index (χ1v) is 8.21. The summed E-state index contributed by atoms with van der Waals surface area (Å²) >= 11 is 0. The summed E-state index contributed by atoms with van der Waals surface area (Å²) in [5.41, 5.74) is 0.743. The van der Waals surface area contributed by atoms with Crippen LogP contribution in [0.2, 0.25) is 0 Å². The number of carboxylic acids is 1. The Labute approximate surface area is 145 Å². The third kappa shape index (κ3) is 3.85. The minimum absolute atomic E-state index is 0.0412. The topological polar surface area (TPSA) is 102 Å². The highest BCUT2D eigenvalue weighted by molar-refractivity contribution is 6.02. The molecule has 2 aromatic rings. The highest BCUT2D eigenvalue weighted by Gasteiger charge is 2.31. The van der Waals surface area contributed by atoms with Gasteiger partial charge in [0.25, 0.3) is 5.91 Å². The number of rotatable bonds is 5. The third-order valence-electron chi connectivity index (χ3n) is 4.55. The van der Waals surface area contributed by atoms with Gasteiger partial charge in [0.1, 0.15) is 0 Å². The zero-order valence-corrected chi connectivity index (χ0v) is 14.1. The second-order valence-corrected chi connectivity index (χ2v) is 6.25. The van der Waals surface area contributed by atoms with Crippen molar-refractivity contribution < 1.29 is 14.7 Å². The van der Waals surface area contributed by atoms with Crippen molar-refractivity contribution in [2.75, 3.05) is 20.1 Å². The number of aromatic carboxylic acids is 1. The molecule has 1 aliphatic rings. The van der Waals surface area contributed by atoms with Crippen LogP contribution in [-0.2, 0) is 6.54 Å². The predicted molar refractivity (Wildman–Crippen MR) is 90.2 cm³/mol. The van der Waals surface area contributed by atoms with Crippen molar-refractivity contribution >= 4 is 11.9 Å². The Bertz CT molecular complexity index is 738. The number of carbonyl (C=O) groups is 2. The molecule has 3 rings (SSSR count). The van der Waals surface area contributed by atoms with Crippen LogP contribution in [0.25, 0.3) is 0 Å². The molecule has 132 valence electrons. The molecular weight excluding hydrogens is 322 g/mol. The van der Waals surface area contributed by atoms with Crippen molar-refractivity contribution in [3.05, 3.63) is 47.8 Å². The Balaban J connectivity index is 1.88. The molecule has 0 aromatic carbocycles. The summed E-state index contributed by atoms with van der Waals surface area (Å²) in [6.45, 7) is 2.20. The zero-order valence-electron chi connectivity index (χ0n) is 14.1. The molecule has 1 amide bonds. The molecule has 0 saturated carbocycles. The lowest BCUT2D eigenvalue weighted by molar-refractivity contribution is 0.0551. The smallest absolute Gasteiger partial charge is 0.354 e. The Kier molecular flexibility index (Phi) is 5.08. The van der Waals surface area contributed by atoms with Crippen molar-refractivity contribution in [3.63, 3.8) is 0 Å². The highest BCUT2D eigenvalue weighted by atomic mass is 16.4. The van der Waals surface area contributed by atoms with E-state index in [0.29, 0.717) is 6.54 Å². The lowest BCUT2D eigenvalue weighted by Crippen LogP contribution is -2.46. The maximum atomic E-state index is 13.1. The number of aromatic nitrogens is 3. The van der Waals surface area contributed by atoms with Crippen molar-refractivity contribution in [1.29, 1.82) is 0 Å². The number of likely N-dealkylation sites (tertiary alicyclic amines) is 1. The molecule has 1 saturated heterocycles. The van der Waals surface area contributed by atoms with Crippen LogP contribution in [-0.4, -0.2) is 67.9 Å². The van der Waals surface area contributed by atoms with E-state index in [-0.39, 0.29) is 23.3 Å². The van der Waals surface area contributed by atoms with Crippen LogP contribution in [0.15, 0.2) is 30.9 Å². The average molecular weight is 343 g/mol. The van der Waals surface area contributed by atoms with Crippen molar-refractivity contribution in [2.45, 2.75) is 25.4 Å². The number of pyridine rings is 1. The maximum Gasteiger partial charge on any atom is 0.354 e. The number of carboxylic acid groups (broad SMARTS) is 1. The van der Waals surface area contributed by atoms with E-state index in [4.69, 9.17) is 0 Å². The van der Waals surface area contributed by atoms with E-state index in [2.05, 4.69) is 26.9 Å². The molecule has 0 radical (unpaired) electrons. The quantitative estimate of drug-likeness (QED) is 0.847. The normalized spacial score (nSPS) is 15.9. The van der Waals surface area contributed by atoms with E-state index in [1.165, 1.54) is 6.33 Å². The first-order chi connectivity index (χ1) is 12.1. The zero-order chi connectivity index (χ0) is 17.8. The molecule has 0 atom stereocenters. The molecule has 0 bridgehead atoms. The van der Waals surface area contributed by atoms with Gasteiger partial charge >= 0.3 is 5.97 Å². The van der Waals surface area contributed by atoms with Gasteiger partial charge in [0.15, 0.2) is 11.4 Å². The van der Waals surface area contributed by atoms with E-state index < -0.39 is 5.97 Å². The lowest BCUT2D eigenvalue weighted by atomic mass is 10.0. The summed E-state index contributed by atoms with van der Waals surface area (Å²) < 4.78 is 0. The van der Waals surface area contributed by atoms with Gasteiger partial charge in [-0.1, -0.05) is 0 Å². The van der Waals surface area contributed by atoms with Crippen LogP contribution in [0.5, 0.6) is 0 Å². The SMILES string of the molecule is CN1CCC(N(Cc2ccncc2)C(=O)c2nc[nH]c2C(=O)O)CC1. The number of hydrogen-bond donors (Lipinski definition) is 2. The number of nitrogens with zero attached hydrogens (tertiary/aromatic N) is 4. The van der Waals surface area contributed by atoms with E-state index in [9.17, 15) is 14.7 Å². The summed E-state index contributed by atoms with van der Waals surface area (Å²) in [5.74, 6) is -1.54. The number of hydrogen-bond acceptors (Lipinski definition) is 5. The van der Waals surface area contributed by atoms with Gasteiger partial charge in [0.05, 0.1) is 6.33 Å². The van der Waals surface area contributed by atoms with Gasteiger partial charge in [-0.3, -0.25) is 9.78 Å². The maximum absolute atomic E-state index is 13.1. The molecule has 0 spiro atoms. The summed E-state index contributed by atoms with van der Waals surface area (Å²) in [4.78, 5) is 38.9. The monoisotopic (exact) mass is 343 g/mol. The first kappa shape index (κ1) is 17.1. The van der Waals surface area contributed by atoms with E-state index in [1.54, 1.807) is 17.3 Å². The van der Waals surface area contributed by atoms with Gasteiger partial charge < -0.3 is 19.9 Å². The minimum Gasteiger partial charge on any atom is -0.477 e. The Morgan fingerprint density at radius 2 is 2.00 bits per heavy atom. The van der Waals surface area contributed by atoms with Crippen molar-refractivity contribution in [2.24, 2.45) is 0 Å². The predicted octanol–water partition coefficient (Wildman–Crippen LogP) is 1.24. The summed E-state index contributed by atoms with van der Waals surface area (Å²) in [6, 6.07) is 3.77. The van der Waals surface area contributed by atoms with Gasteiger partial charge in [-0.05, 0) is 50.7 Å². The molecular formula is C17H21N5O3. The number of amides is 1. The van der Waals surface area contributed by atoms with E-state index in [0.717, 1.165) is 31.5 Å². The van der Waals surface area contributed by atoms with E-state index >= 15 is 0 Å². The molecule has 0 aliphatic carbocycles. The van der Waals surface area contributed by atoms with Crippen LogP contribution in [0.3, 0.4) is 0 Å². The fraction of sp³-hybridized carbons (Fsp3) is 0.412. The Morgan fingerprint density at radius 1 is 1.32 bits per heavy atom. The number of aromatic amines is 1. The lowest BCUT2D eigenvalue weighted by Gasteiger charge is -2.37. The van der Waals surface area contributed by atoms with Crippen LogP contribution < -0.4 is 0 Å². The Hall–Kier alpha value is -2.74. The number of carbonyl (C=O) groups excluding carboxylic acids is 1. The van der Waals surface area contributed by atoms with Crippen LogP contribution >= 0.6 is 0 Å². The fourth-order valence-electron chi connectivity index (χ4n) is 3.11. The molecule has 0 unspecified atom stereocenters. The van der Waals surface area contributed by atoms with Crippen LogP contribution in [0.1, 0.15) is 39.4 Å². The summed E-state index contributed by atoms with van der Waals surface area (Å²) in [5, 5.41) is 9.26. The number of H-pyrrole nitrogens is 1. The standard InChI is InChI=1S/C17H21N5O3/c1-21-8-4-13(5-9-21)22(10-12-2-6-18-7-3-12)16(23)14-15(17(24)25)20-11-19-14/h2-3,6-7,11,13H,4-5,8-10H2,1H3,(H,19,20)(H,24,25). The molecule has 3 heterocycles. The molecule has 25 heavy (non-hydrogen) atoms. The first-order valence-electron chi connectivity index (χ1n) is 8.21. The highest BCUT2D eigenvalue weighted by Crippen LogP contribution is 2.21. The molecule has 8 heteroatoms. The van der Waals surface area contributed by atoms with Crippen LogP contribution in [0.4, 0.5) is 0 Å². The summed E-state index contributed by atoms with van der Waals surface area (Å²) in [7, 11) is 2.06. The van der Waals surface area contributed by atoms with Gasteiger partial charge in [0.2, 0.25) is 0 Å². The number of piperidine rings is 1. The fourth-order valence-corrected chi connectivity index (χ4v) is 3.11. The Morgan fingerprint density at radius 3 is 2.64 bits per heavy atom. The third-order valence-corrected chi connectivity index (χ3v) is 4.55. The van der Waals surface area contributed by atoms with Gasteiger partial charge in [0, 0.05) is 25.0 Å².